The molecule has 5 heteroatoms. The molecule has 0 aliphatic heterocycles. The van der Waals surface area contributed by atoms with Crippen LogP contribution in [0.2, 0.25) is 0 Å². The number of aliphatic hydroxyl groups is 1. The Kier molecular flexibility index (Phi) is 6.75. The van der Waals surface area contributed by atoms with E-state index in [-0.39, 0.29) is 6.61 Å². The van der Waals surface area contributed by atoms with Crippen molar-refractivity contribution in [1.29, 1.82) is 0 Å². The van der Waals surface area contributed by atoms with Gasteiger partial charge in [0.25, 0.3) is 0 Å². The highest BCUT2D eigenvalue weighted by Crippen LogP contribution is 2.26. The number of nitrogens with zero attached hydrogens (tertiary/aromatic N) is 2. The van der Waals surface area contributed by atoms with E-state index >= 15 is 0 Å². The molecule has 0 radical (unpaired) electrons. The SMILES string of the molecule is CCCNCc1c(C)nn(C)c1SCC(C)CO. The fourth-order valence-corrected chi connectivity index (χ4v) is 2.90. The Morgan fingerprint density at radius 3 is 2.83 bits per heavy atom. The zero-order valence-electron chi connectivity index (χ0n) is 11.9. The number of nitrogens with one attached hydrogen (secondary N) is 1. The molecule has 0 aliphatic rings. The van der Waals surface area contributed by atoms with E-state index in [0.717, 1.165) is 31.0 Å². The lowest BCUT2D eigenvalue weighted by Crippen LogP contribution is -2.15. The zero-order chi connectivity index (χ0) is 13.5. The molecule has 1 rings (SSSR count). The number of hydrogen-bond acceptors (Lipinski definition) is 4. The Hall–Kier alpha value is -0.520. The molecule has 0 amide bonds. The van der Waals surface area contributed by atoms with Crippen molar-refractivity contribution >= 4 is 11.8 Å². The third kappa shape index (κ3) is 4.30. The van der Waals surface area contributed by atoms with Gasteiger partial charge in [0.1, 0.15) is 0 Å². The topological polar surface area (TPSA) is 50.1 Å². The van der Waals surface area contributed by atoms with Gasteiger partial charge < -0.3 is 10.4 Å². The third-order valence-corrected chi connectivity index (χ3v) is 4.35. The first-order valence-electron chi connectivity index (χ1n) is 6.57. The lowest BCUT2D eigenvalue weighted by molar-refractivity contribution is 0.250. The average molecular weight is 271 g/mol. The van der Waals surface area contributed by atoms with Crippen LogP contribution in [0.4, 0.5) is 0 Å². The first kappa shape index (κ1) is 15.5. The van der Waals surface area contributed by atoms with Crippen LogP contribution >= 0.6 is 11.8 Å². The molecule has 2 N–H and O–H groups in total. The normalized spacial score (nSPS) is 12.9. The minimum Gasteiger partial charge on any atom is -0.396 e. The number of thioether (sulfide) groups is 1. The minimum atomic E-state index is 0.243. The molecule has 1 aromatic rings. The van der Waals surface area contributed by atoms with E-state index in [1.54, 1.807) is 11.8 Å². The van der Waals surface area contributed by atoms with Crippen molar-refractivity contribution in [2.24, 2.45) is 13.0 Å². The second kappa shape index (κ2) is 7.81. The molecule has 0 saturated carbocycles. The summed E-state index contributed by atoms with van der Waals surface area (Å²) in [5, 5.41) is 18.2. The molecule has 0 bridgehead atoms. The molecule has 1 unspecified atom stereocenters. The molecular formula is C13H25N3OS. The van der Waals surface area contributed by atoms with Crippen LogP contribution in [0.5, 0.6) is 0 Å². The molecule has 0 spiro atoms. The predicted molar refractivity (Wildman–Crippen MR) is 76.9 cm³/mol. The Bertz CT molecular complexity index is 365. The van der Waals surface area contributed by atoms with Gasteiger partial charge in [-0.05, 0) is 25.8 Å². The lowest BCUT2D eigenvalue weighted by Gasteiger charge is -2.10. The molecule has 0 saturated heterocycles. The smallest absolute Gasteiger partial charge is 0.0984 e. The number of aromatic nitrogens is 2. The van der Waals surface area contributed by atoms with E-state index in [1.807, 2.05) is 11.7 Å². The van der Waals surface area contributed by atoms with Crippen molar-refractivity contribution in [3.8, 4) is 0 Å². The molecule has 104 valence electrons. The predicted octanol–water partition coefficient (Wildman–Crippen LogP) is 1.95. The molecule has 0 aliphatic carbocycles. The van der Waals surface area contributed by atoms with Crippen molar-refractivity contribution in [1.82, 2.24) is 15.1 Å². The Labute approximate surface area is 114 Å². The Morgan fingerprint density at radius 1 is 1.50 bits per heavy atom. The van der Waals surface area contributed by atoms with E-state index in [9.17, 15) is 0 Å². The highest BCUT2D eigenvalue weighted by atomic mass is 32.2. The highest BCUT2D eigenvalue weighted by Gasteiger charge is 2.14. The first-order chi connectivity index (χ1) is 8.60. The monoisotopic (exact) mass is 271 g/mol. The lowest BCUT2D eigenvalue weighted by atomic mass is 10.2. The summed E-state index contributed by atoms with van der Waals surface area (Å²) in [6, 6.07) is 0. The van der Waals surface area contributed by atoms with Gasteiger partial charge in [-0.1, -0.05) is 13.8 Å². The van der Waals surface area contributed by atoms with Crippen LogP contribution < -0.4 is 5.32 Å². The van der Waals surface area contributed by atoms with Gasteiger partial charge in [0.05, 0.1) is 10.7 Å². The molecular weight excluding hydrogens is 246 g/mol. The summed E-state index contributed by atoms with van der Waals surface area (Å²) < 4.78 is 1.95. The maximum atomic E-state index is 9.08. The number of rotatable bonds is 8. The molecule has 1 heterocycles. The first-order valence-corrected chi connectivity index (χ1v) is 7.55. The van der Waals surface area contributed by atoms with Crippen molar-refractivity contribution in [3.63, 3.8) is 0 Å². The van der Waals surface area contributed by atoms with Gasteiger partial charge in [0.2, 0.25) is 0 Å². The summed E-state index contributed by atoms with van der Waals surface area (Å²) in [4.78, 5) is 0. The van der Waals surface area contributed by atoms with E-state index in [2.05, 4.69) is 31.2 Å². The van der Waals surface area contributed by atoms with E-state index in [1.165, 1.54) is 10.6 Å². The van der Waals surface area contributed by atoms with Gasteiger partial charge in [-0.2, -0.15) is 5.10 Å². The maximum Gasteiger partial charge on any atom is 0.0984 e. The van der Waals surface area contributed by atoms with Gasteiger partial charge in [0, 0.05) is 31.5 Å². The van der Waals surface area contributed by atoms with Crippen molar-refractivity contribution in [2.75, 3.05) is 18.9 Å². The van der Waals surface area contributed by atoms with Gasteiger partial charge in [0.15, 0.2) is 0 Å². The van der Waals surface area contributed by atoms with Crippen LogP contribution in [-0.2, 0) is 13.6 Å². The standard InChI is InChI=1S/C13H25N3OS/c1-5-6-14-7-12-11(3)15-16(4)13(12)18-9-10(2)8-17/h10,14,17H,5-9H2,1-4H3. The van der Waals surface area contributed by atoms with Crippen LogP contribution in [0, 0.1) is 12.8 Å². The number of aryl methyl sites for hydroxylation is 2. The summed E-state index contributed by atoms with van der Waals surface area (Å²) >= 11 is 1.79. The largest absolute Gasteiger partial charge is 0.396 e. The van der Waals surface area contributed by atoms with Crippen LogP contribution in [0.1, 0.15) is 31.5 Å². The second-order valence-corrected chi connectivity index (χ2v) is 5.78. The van der Waals surface area contributed by atoms with Crippen molar-refractivity contribution < 1.29 is 5.11 Å². The molecule has 0 aromatic carbocycles. The maximum absolute atomic E-state index is 9.08. The van der Waals surface area contributed by atoms with Crippen LogP contribution in [-0.4, -0.2) is 33.8 Å². The van der Waals surface area contributed by atoms with E-state index in [4.69, 9.17) is 5.11 Å². The van der Waals surface area contributed by atoms with Crippen LogP contribution in [0.25, 0.3) is 0 Å². The summed E-state index contributed by atoms with van der Waals surface area (Å²) in [6.07, 6.45) is 1.14. The fourth-order valence-electron chi connectivity index (χ4n) is 1.73. The Morgan fingerprint density at radius 2 is 2.22 bits per heavy atom. The molecule has 1 atom stereocenters. The highest BCUT2D eigenvalue weighted by molar-refractivity contribution is 7.99. The zero-order valence-corrected chi connectivity index (χ0v) is 12.7. The number of aliphatic hydroxyl groups excluding tert-OH is 1. The van der Waals surface area contributed by atoms with Crippen LogP contribution in [0.3, 0.4) is 0 Å². The fraction of sp³-hybridized carbons (Fsp3) is 0.769. The summed E-state index contributed by atoms with van der Waals surface area (Å²) in [7, 11) is 1.99. The molecule has 4 nitrogen and oxygen atoms in total. The van der Waals surface area contributed by atoms with Gasteiger partial charge >= 0.3 is 0 Å². The second-order valence-electron chi connectivity index (χ2n) is 4.77. The molecule has 18 heavy (non-hydrogen) atoms. The summed E-state index contributed by atoms with van der Waals surface area (Å²) in [5.74, 6) is 1.25. The van der Waals surface area contributed by atoms with Crippen molar-refractivity contribution in [3.05, 3.63) is 11.3 Å². The van der Waals surface area contributed by atoms with Crippen LogP contribution in [0.15, 0.2) is 5.03 Å². The quantitative estimate of drug-likeness (QED) is 0.560. The molecule has 0 fully saturated rings. The summed E-state index contributed by atoms with van der Waals surface area (Å²) in [5.41, 5.74) is 2.39. The average Bonchev–Trinajstić information content (AvgIpc) is 2.61. The number of hydrogen-bond donors (Lipinski definition) is 2. The Balaban J connectivity index is 2.69. The van der Waals surface area contributed by atoms with Crippen molar-refractivity contribution in [2.45, 2.75) is 38.8 Å². The third-order valence-electron chi connectivity index (χ3n) is 2.83. The van der Waals surface area contributed by atoms with Gasteiger partial charge in [-0.25, -0.2) is 0 Å². The van der Waals surface area contributed by atoms with Gasteiger partial charge in [-0.3, -0.25) is 4.68 Å². The van der Waals surface area contributed by atoms with E-state index in [0.29, 0.717) is 5.92 Å². The molecule has 1 aromatic heterocycles. The summed E-state index contributed by atoms with van der Waals surface area (Å²) in [6.45, 7) is 8.44. The van der Waals surface area contributed by atoms with E-state index < -0.39 is 0 Å². The minimum absolute atomic E-state index is 0.243. The van der Waals surface area contributed by atoms with Gasteiger partial charge in [-0.15, -0.1) is 11.8 Å².